The SMILES string of the molecule is COc1cc(-c2cc(C(=O)N3CCC(C(N)=O)CC34CC4C3CCC4(CC3)N([S+]([O-])C(C)(C)C)CC4(F)F)[nH]n2)c(F)cn1. The van der Waals surface area contributed by atoms with Gasteiger partial charge in [-0.2, -0.15) is 5.10 Å². The number of halogens is 3. The van der Waals surface area contributed by atoms with Gasteiger partial charge in [0, 0.05) is 41.0 Å². The number of aromatic amines is 1. The highest BCUT2D eigenvalue weighted by atomic mass is 32.2. The van der Waals surface area contributed by atoms with E-state index < -0.39 is 57.3 Å². The first kappa shape index (κ1) is 31.2. The average Bonchev–Trinajstić information content (AvgIpc) is 3.45. The first-order valence-corrected chi connectivity index (χ1v) is 16.2. The normalized spacial score (nSPS) is 32.4. The minimum atomic E-state index is -2.92. The minimum Gasteiger partial charge on any atom is -0.597 e. The Morgan fingerprint density at radius 1 is 1.18 bits per heavy atom. The van der Waals surface area contributed by atoms with E-state index in [1.807, 2.05) is 0 Å². The molecule has 2 spiro atoms. The molecular weight excluding hydrogens is 597 g/mol. The van der Waals surface area contributed by atoms with Crippen LogP contribution in [0.3, 0.4) is 0 Å². The van der Waals surface area contributed by atoms with Gasteiger partial charge in [0.1, 0.15) is 22.5 Å². The third-order valence-electron chi connectivity index (χ3n) is 10.4. The van der Waals surface area contributed by atoms with Gasteiger partial charge in [-0.1, -0.05) is 0 Å². The minimum absolute atomic E-state index is 0.0190. The van der Waals surface area contributed by atoms with Crippen LogP contribution in [0, 0.1) is 23.6 Å². The van der Waals surface area contributed by atoms with E-state index in [4.69, 9.17) is 10.5 Å². The fourth-order valence-electron chi connectivity index (χ4n) is 7.86. The van der Waals surface area contributed by atoms with Crippen molar-refractivity contribution in [3.05, 3.63) is 29.8 Å². The fourth-order valence-corrected chi connectivity index (χ4v) is 9.43. The number of primary amides is 1. The second-order valence-electron chi connectivity index (χ2n) is 13.8. The van der Waals surface area contributed by atoms with Crippen LogP contribution in [0.15, 0.2) is 18.3 Å². The van der Waals surface area contributed by atoms with E-state index in [0.717, 1.165) is 6.20 Å². The lowest BCUT2D eigenvalue weighted by Gasteiger charge is -2.59. The number of hydrogen-bond donors (Lipinski definition) is 2. The van der Waals surface area contributed by atoms with E-state index in [9.17, 15) is 18.5 Å². The van der Waals surface area contributed by atoms with Crippen LogP contribution in [0.1, 0.15) is 76.2 Å². The topological polar surface area (TPSA) is 140 Å². The Morgan fingerprint density at radius 3 is 2.50 bits per heavy atom. The van der Waals surface area contributed by atoms with Gasteiger partial charge in [0.25, 0.3) is 11.8 Å². The Kier molecular flexibility index (Phi) is 7.52. The molecule has 2 saturated heterocycles. The summed E-state index contributed by atoms with van der Waals surface area (Å²) in [4.78, 5) is 31.8. The second kappa shape index (κ2) is 10.6. The first-order chi connectivity index (χ1) is 20.6. The molecule has 14 heteroatoms. The smallest absolute Gasteiger partial charge is 0.287 e. The number of aromatic nitrogens is 3. The van der Waals surface area contributed by atoms with Gasteiger partial charge in [-0.25, -0.2) is 18.2 Å². The highest BCUT2D eigenvalue weighted by Crippen LogP contribution is 2.64. The highest BCUT2D eigenvalue weighted by Gasteiger charge is 2.74. The monoisotopic (exact) mass is 636 g/mol. The fraction of sp³-hybridized carbons (Fsp3) is 0.667. The average molecular weight is 637 g/mol. The molecule has 2 amide bonds. The molecule has 3 N–H and O–H groups in total. The number of methoxy groups -OCH3 is 1. The van der Waals surface area contributed by atoms with Crippen LogP contribution in [-0.4, -0.2) is 82.7 Å². The van der Waals surface area contributed by atoms with E-state index in [0.29, 0.717) is 38.6 Å². The van der Waals surface area contributed by atoms with E-state index in [1.165, 1.54) is 23.5 Å². The van der Waals surface area contributed by atoms with Crippen molar-refractivity contribution in [2.45, 2.75) is 87.5 Å². The number of nitrogens with one attached hydrogen (secondary N) is 1. The van der Waals surface area contributed by atoms with Crippen molar-refractivity contribution in [1.82, 2.24) is 24.4 Å². The second-order valence-corrected chi connectivity index (χ2v) is 16.0. The van der Waals surface area contributed by atoms with Crippen molar-refractivity contribution in [3.8, 4) is 17.1 Å². The number of nitrogens with two attached hydrogens (primary N) is 1. The lowest BCUT2D eigenvalue weighted by molar-refractivity contribution is -0.226. The van der Waals surface area contributed by atoms with Crippen LogP contribution in [0.25, 0.3) is 11.3 Å². The van der Waals surface area contributed by atoms with Crippen molar-refractivity contribution >= 4 is 23.2 Å². The maximum Gasteiger partial charge on any atom is 0.287 e. The molecule has 4 unspecified atom stereocenters. The Hall–Kier alpha value is -2.84. The van der Waals surface area contributed by atoms with Crippen LogP contribution in [-0.2, 0) is 16.2 Å². The zero-order valence-corrected chi connectivity index (χ0v) is 26.2. The summed E-state index contributed by atoms with van der Waals surface area (Å²) < 4.78 is 63.9. The summed E-state index contributed by atoms with van der Waals surface area (Å²) in [6, 6.07) is 2.88. The number of ether oxygens (including phenoxy) is 1. The van der Waals surface area contributed by atoms with E-state index in [-0.39, 0.29) is 53.4 Å². The van der Waals surface area contributed by atoms with E-state index >= 15 is 8.78 Å². The van der Waals surface area contributed by atoms with Crippen molar-refractivity contribution in [3.63, 3.8) is 0 Å². The predicted molar refractivity (Wildman–Crippen MR) is 156 cm³/mol. The molecule has 2 aliphatic heterocycles. The number of piperidine rings is 1. The van der Waals surface area contributed by atoms with Gasteiger partial charge in [0.05, 0.1) is 19.0 Å². The summed E-state index contributed by atoms with van der Waals surface area (Å²) >= 11 is -1.55. The van der Waals surface area contributed by atoms with Crippen LogP contribution >= 0.6 is 0 Å². The van der Waals surface area contributed by atoms with Crippen LogP contribution in [0.2, 0.25) is 0 Å². The van der Waals surface area contributed by atoms with Crippen LogP contribution in [0.4, 0.5) is 13.2 Å². The van der Waals surface area contributed by atoms with Crippen LogP contribution < -0.4 is 10.5 Å². The quantitative estimate of drug-likeness (QED) is 0.456. The summed E-state index contributed by atoms with van der Waals surface area (Å²) in [5.41, 5.74) is 4.20. The highest BCUT2D eigenvalue weighted by molar-refractivity contribution is 7.90. The van der Waals surface area contributed by atoms with Crippen molar-refractivity contribution in [2.24, 2.45) is 23.5 Å². The number of H-pyrrole nitrogens is 1. The van der Waals surface area contributed by atoms with Gasteiger partial charge in [-0.3, -0.25) is 14.7 Å². The largest absolute Gasteiger partial charge is 0.597 e. The molecule has 44 heavy (non-hydrogen) atoms. The number of amides is 2. The van der Waals surface area contributed by atoms with Crippen molar-refractivity contribution < 1.29 is 32.0 Å². The molecule has 4 fully saturated rings. The predicted octanol–water partition coefficient (Wildman–Crippen LogP) is 4.06. The Morgan fingerprint density at radius 2 is 1.89 bits per heavy atom. The molecule has 4 atom stereocenters. The maximum atomic E-state index is 15.1. The standard InChI is InChI=1S/C30H39F3N6O4S/c1-27(2,3)44(42)39-16-30(32,33)29(39)8-5-17(6-9-29)20-14-28(20)13-18(25(34)40)7-10-38(28)26(41)23-12-22(36-37-23)19-11-24(43-4)35-15-21(19)31/h11-12,15,17-18,20H,5-10,13-14,16H2,1-4H3,(H2,34,40)(H,36,37). The third-order valence-corrected chi connectivity index (χ3v) is 12.3. The summed E-state index contributed by atoms with van der Waals surface area (Å²) in [6.07, 6.45) is 3.96. The molecule has 0 bridgehead atoms. The maximum absolute atomic E-state index is 15.1. The molecular formula is C30H39F3N6O4S. The summed E-state index contributed by atoms with van der Waals surface area (Å²) in [5.74, 6) is -4.37. The lowest BCUT2D eigenvalue weighted by atomic mass is 9.67. The Labute approximate surface area is 257 Å². The molecule has 2 aromatic heterocycles. The molecule has 4 heterocycles. The molecule has 6 rings (SSSR count). The van der Waals surface area contributed by atoms with Gasteiger partial charge in [-0.15, -0.1) is 4.31 Å². The molecule has 0 aromatic carbocycles. The number of rotatable bonds is 6. The first-order valence-electron chi connectivity index (χ1n) is 15.1. The number of carbonyl (C=O) groups is 2. The van der Waals surface area contributed by atoms with Gasteiger partial charge >= 0.3 is 0 Å². The number of carbonyl (C=O) groups excluding carboxylic acids is 2. The summed E-state index contributed by atoms with van der Waals surface area (Å²) in [6.45, 7) is 5.19. The number of hydrogen-bond acceptors (Lipinski definition) is 7. The summed E-state index contributed by atoms with van der Waals surface area (Å²) in [7, 11) is 1.41. The number of pyridine rings is 1. The van der Waals surface area contributed by atoms with Gasteiger partial charge in [0.15, 0.2) is 5.82 Å². The van der Waals surface area contributed by atoms with Gasteiger partial charge in [-0.05, 0) is 83.6 Å². The molecule has 240 valence electrons. The molecule has 2 saturated carbocycles. The zero-order valence-electron chi connectivity index (χ0n) is 25.4. The third kappa shape index (κ3) is 4.87. The Bertz CT molecular complexity index is 1460. The lowest BCUT2D eigenvalue weighted by Crippen LogP contribution is -2.78. The molecule has 4 aliphatic rings. The zero-order chi connectivity index (χ0) is 31.8. The Balaban J connectivity index is 1.21. The van der Waals surface area contributed by atoms with Crippen molar-refractivity contribution in [2.75, 3.05) is 20.2 Å². The summed E-state index contributed by atoms with van der Waals surface area (Å²) in [5, 5.41) is 6.92. The van der Waals surface area contributed by atoms with Gasteiger partial charge < -0.3 is 19.9 Å². The van der Waals surface area contributed by atoms with E-state index in [2.05, 4.69) is 15.2 Å². The number of nitrogens with zero attached hydrogens (tertiary/aromatic N) is 4. The molecule has 0 radical (unpaired) electrons. The number of alkyl halides is 2. The molecule has 2 aromatic rings. The molecule has 2 aliphatic carbocycles. The van der Waals surface area contributed by atoms with Gasteiger partial charge in [0.2, 0.25) is 11.8 Å². The van der Waals surface area contributed by atoms with Crippen molar-refractivity contribution in [1.29, 1.82) is 0 Å². The van der Waals surface area contributed by atoms with Crippen LogP contribution in [0.5, 0.6) is 5.88 Å². The number of likely N-dealkylation sites (tertiary alicyclic amines) is 1. The van der Waals surface area contributed by atoms with E-state index in [1.54, 1.807) is 25.7 Å². The molecule has 10 nitrogen and oxygen atoms in total.